The Labute approximate surface area is 739 Å². The number of benzene rings is 7. The van der Waals surface area contributed by atoms with E-state index in [1.165, 1.54) is 62.1 Å². The number of para-hydroxylation sites is 3. The van der Waals surface area contributed by atoms with Crippen molar-refractivity contribution in [1.82, 2.24) is 28.7 Å². The Bertz CT molecular complexity index is 5350. The van der Waals surface area contributed by atoms with Crippen molar-refractivity contribution in [1.29, 1.82) is 0 Å². The van der Waals surface area contributed by atoms with E-state index in [1.807, 2.05) is 66.7 Å². The van der Waals surface area contributed by atoms with Gasteiger partial charge in [0, 0.05) is 132 Å². The van der Waals surface area contributed by atoms with Gasteiger partial charge in [-0.05, 0) is 159 Å². The van der Waals surface area contributed by atoms with Crippen LogP contribution in [0.2, 0.25) is 0 Å². The first-order chi connectivity index (χ1) is 60.8. The van der Waals surface area contributed by atoms with Crippen molar-refractivity contribution in [3.05, 3.63) is 298 Å². The molecule has 2 spiro atoms. The van der Waals surface area contributed by atoms with Gasteiger partial charge >= 0.3 is 0 Å². The van der Waals surface area contributed by atoms with E-state index in [4.69, 9.17) is 52.8 Å². The number of rotatable bonds is 21. The van der Waals surface area contributed by atoms with Crippen LogP contribution in [0.25, 0.3) is 17.1 Å². The molecule has 7 aromatic carbocycles. The highest BCUT2D eigenvalue weighted by Gasteiger charge is 2.61. The zero-order chi connectivity index (χ0) is 86.5. The normalized spacial score (nSPS) is 27.7. The third kappa shape index (κ3) is 17.4. The van der Waals surface area contributed by atoms with E-state index in [0.717, 1.165) is 150 Å². The highest BCUT2D eigenvalue weighted by molar-refractivity contribution is 6.01. The Hall–Kier alpha value is -9.40. The van der Waals surface area contributed by atoms with Crippen LogP contribution in [0.4, 0.5) is 0 Å². The van der Waals surface area contributed by atoms with Gasteiger partial charge < -0.3 is 51.6 Å². The predicted molar refractivity (Wildman–Crippen MR) is 486 cm³/mol. The molecule has 13 atom stereocenters. The van der Waals surface area contributed by atoms with Crippen molar-refractivity contribution in [2.45, 2.75) is 225 Å². The zero-order valence-corrected chi connectivity index (χ0v) is 75.0. The Morgan fingerprint density at radius 2 is 0.744 bits per heavy atom. The third-order valence-electron chi connectivity index (χ3n) is 31.0. The second-order valence-corrected chi connectivity index (χ2v) is 38.0. The predicted octanol–water partition coefficient (Wildman–Crippen LogP) is 20.1. The van der Waals surface area contributed by atoms with Crippen LogP contribution in [0.3, 0.4) is 0 Å². The molecule has 17 nitrogen and oxygen atoms in total. The molecule has 10 aromatic rings. The van der Waals surface area contributed by atoms with Crippen LogP contribution in [0.15, 0.2) is 224 Å². The molecule has 0 bridgehead atoms. The van der Waals surface area contributed by atoms with Crippen molar-refractivity contribution in [2.24, 2.45) is 52.8 Å². The van der Waals surface area contributed by atoms with Crippen LogP contribution in [-0.2, 0) is 133 Å². The minimum Gasteiger partial charge on any atom is -0.376 e. The second kappa shape index (κ2) is 37.9. The number of hydrogen-bond donors (Lipinski definition) is 0. The lowest BCUT2D eigenvalue weighted by atomic mass is 9.55. The lowest BCUT2D eigenvalue weighted by molar-refractivity contribution is -0.239. The summed E-state index contributed by atoms with van der Waals surface area (Å²) >= 11 is 0. The van der Waals surface area contributed by atoms with Gasteiger partial charge in [0.05, 0.1) is 83.2 Å². The van der Waals surface area contributed by atoms with E-state index in [-0.39, 0.29) is 51.3 Å². The number of ketones is 3. The molecule has 1 unspecified atom stereocenters. The molecule has 125 heavy (non-hydrogen) atoms. The van der Waals surface area contributed by atoms with Gasteiger partial charge in [-0.1, -0.05) is 237 Å². The van der Waals surface area contributed by atoms with Crippen molar-refractivity contribution in [3.63, 3.8) is 0 Å². The van der Waals surface area contributed by atoms with E-state index >= 15 is 0 Å². The summed E-state index contributed by atoms with van der Waals surface area (Å²) in [6.07, 6.45) is 17.9. The van der Waals surface area contributed by atoms with Crippen LogP contribution in [0, 0.1) is 52.8 Å². The Kier molecular flexibility index (Phi) is 26.6. The van der Waals surface area contributed by atoms with E-state index in [0.29, 0.717) is 107 Å². The monoisotopic (exact) mass is 1680 g/mol. The van der Waals surface area contributed by atoms with Gasteiger partial charge in [0.25, 0.3) is 0 Å². The van der Waals surface area contributed by atoms with Gasteiger partial charge in [0.2, 0.25) is 0 Å². The average Bonchev–Trinajstić information content (AvgIpc) is 1.73. The van der Waals surface area contributed by atoms with Crippen molar-refractivity contribution >= 4 is 17.3 Å². The fourth-order valence-corrected chi connectivity index (χ4v) is 24.0. The van der Waals surface area contributed by atoms with Gasteiger partial charge in [0.15, 0.2) is 23.1 Å². The van der Waals surface area contributed by atoms with Crippen LogP contribution in [-0.4, -0.2) is 117 Å². The maximum Gasteiger partial charge on any atom is 0.171 e. The second-order valence-electron chi connectivity index (χ2n) is 38.0. The maximum absolute atomic E-state index is 13.3. The summed E-state index contributed by atoms with van der Waals surface area (Å²) in [6.45, 7) is 24.5. The molecule has 20 rings (SSSR count). The SMILES string of the molecule is COC1C[C@]2(C)c3nc(CCOCc4ccccc4)n(-c4ccccc4)c3CC[C@H]2[C@H](C)C1=O.C[C@@H]1C(=O)CC[C@]2(C)c3nc(CCOCc4ccccc4)n(-c4ccccc4)c3CC[C@@H]12.C[C@H]1[C@@H]2CC=C(Cc3ccccc3)C(=O)[C@@]2(C)CCC12OCCO2.C[C@H]1[C@@H]2CCc3c(nc(CCOCc4ccccc4)n3-c3ccccc3)[C@@]2(C)CCC12OCCO2. The lowest BCUT2D eigenvalue weighted by Crippen LogP contribution is -2.55. The molecule has 0 N–H and O–H groups in total. The van der Waals surface area contributed by atoms with Crippen LogP contribution < -0.4 is 0 Å². The fraction of sp³-hybridized carbons (Fsp3) is 0.481. The van der Waals surface area contributed by atoms with Gasteiger partial charge in [-0.3, -0.25) is 14.4 Å². The molecule has 4 saturated carbocycles. The first kappa shape index (κ1) is 87.7. The molecule has 2 aliphatic heterocycles. The van der Waals surface area contributed by atoms with Gasteiger partial charge in [-0.25, -0.2) is 15.0 Å². The lowest BCUT2D eigenvalue weighted by Gasteiger charge is -2.53. The summed E-state index contributed by atoms with van der Waals surface area (Å²) in [5.41, 5.74) is 16.5. The molecule has 17 heteroatoms. The molecule has 0 amide bonds. The minimum atomic E-state index is -0.449. The topological polar surface area (TPSA) is 179 Å². The number of hydrogen-bond acceptors (Lipinski definition) is 14. The Morgan fingerprint density at radius 3 is 1.15 bits per heavy atom. The van der Waals surface area contributed by atoms with E-state index in [9.17, 15) is 14.4 Å². The zero-order valence-electron chi connectivity index (χ0n) is 75.0. The molecule has 10 aliphatic rings. The molecule has 0 radical (unpaired) electrons. The van der Waals surface area contributed by atoms with E-state index in [2.05, 4.69) is 221 Å². The molecule has 2 saturated heterocycles. The van der Waals surface area contributed by atoms with Gasteiger partial charge in [-0.2, -0.15) is 0 Å². The van der Waals surface area contributed by atoms with E-state index < -0.39 is 11.6 Å². The van der Waals surface area contributed by atoms with Crippen molar-refractivity contribution < 1.29 is 52.3 Å². The Balaban J connectivity index is 0.000000119. The summed E-state index contributed by atoms with van der Waals surface area (Å²) in [7, 11) is 1.65. The highest BCUT2D eigenvalue weighted by atomic mass is 16.7. The fourth-order valence-electron chi connectivity index (χ4n) is 24.0. The van der Waals surface area contributed by atoms with Crippen molar-refractivity contribution in [3.8, 4) is 17.1 Å². The summed E-state index contributed by atoms with van der Waals surface area (Å²) in [5.74, 6) is 5.57. The first-order valence-corrected chi connectivity index (χ1v) is 46.5. The van der Waals surface area contributed by atoms with Crippen molar-refractivity contribution in [2.75, 3.05) is 53.4 Å². The summed E-state index contributed by atoms with van der Waals surface area (Å²) in [6, 6.07) is 73.0. The number of Topliss-reactive ketones (excluding diaryl/α,β-unsaturated/α-hetero) is 3. The van der Waals surface area contributed by atoms with Crippen LogP contribution >= 0.6 is 0 Å². The molecule has 6 fully saturated rings. The first-order valence-electron chi connectivity index (χ1n) is 46.5. The molecular weight excluding hydrogens is 1560 g/mol. The quantitative estimate of drug-likeness (QED) is 0.0620. The average molecular weight is 1690 g/mol. The number of nitrogens with zero attached hydrogens (tertiary/aromatic N) is 6. The number of methoxy groups -OCH3 is 1. The molecular formula is C108H128N6O11. The highest BCUT2D eigenvalue weighted by Crippen LogP contribution is 2.60. The summed E-state index contributed by atoms with van der Waals surface area (Å²) < 4.78 is 55.3. The number of ether oxygens (including phenoxy) is 8. The smallest absolute Gasteiger partial charge is 0.171 e. The third-order valence-corrected chi connectivity index (χ3v) is 31.0. The summed E-state index contributed by atoms with van der Waals surface area (Å²) in [4.78, 5) is 54.5. The standard InChI is InChI=1S/C30H36N2O3.C29H34N2O3.C28H32N2O2.C21H26O3/c1-22-25-13-14-26-28(29(25,2)16-17-30(22)34-19-20-35-30)31-27(32(26)24-11-7-4-8-12-24)15-18-33-21-23-9-5-3-6-10-23;1-20-23-14-15-24-28(29(23,2)18-25(33-3)27(20)32)30-26(31(24)22-12-8-5-9-13-22)16-17-34-19-21-10-6-4-7-11-21;1-20-23-13-14-24-27(28(23,2)17-15-25(20)31)29-26(30(24)22-11-7-4-8-12-22)16-18-32-19-21-9-5-3-6-10-21;1-15-18-9-8-17(14-16-6-4-3-5-7-16)19(22)20(18,2)10-11-21(15)23-12-13-24-21/h3-12,22,25H,13-21H2,1-2H3;4-13,20,23,25H,14-19H2,1-3H3;3-12,20,23H,13-19H2,1-2H3;3-8,15,18H,9-14H2,1-2H3/t22-,25-,29-;20-,23-,25?,29-;20-,23-,28-;15-,18-,20-/m0000/s1. The molecule has 656 valence electrons. The minimum absolute atomic E-state index is 0.0172. The summed E-state index contributed by atoms with van der Waals surface area (Å²) in [5, 5.41) is 0. The number of imidazole rings is 3. The maximum atomic E-state index is 13.3. The van der Waals surface area contributed by atoms with E-state index in [1.54, 1.807) is 7.11 Å². The molecule has 5 heterocycles. The molecule has 8 aliphatic carbocycles. The number of carbonyl (C=O) groups is 3. The Morgan fingerprint density at radius 1 is 0.392 bits per heavy atom. The number of allylic oxidation sites excluding steroid dienone is 2. The molecule has 3 aromatic heterocycles. The van der Waals surface area contributed by atoms with Crippen LogP contribution in [0.5, 0.6) is 0 Å². The van der Waals surface area contributed by atoms with Crippen LogP contribution in [0.1, 0.15) is 200 Å². The number of fused-ring (bicyclic) bond motifs is 10. The number of carbonyl (C=O) groups excluding carboxylic acids is 3. The van der Waals surface area contributed by atoms with Gasteiger partial charge in [0.1, 0.15) is 29.4 Å². The van der Waals surface area contributed by atoms with Gasteiger partial charge in [-0.15, -0.1) is 0 Å². The number of aromatic nitrogens is 6. The largest absolute Gasteiger partial charge is 0.376 e.